The fourth-order valence-electron chi connectivity index (χ4n) is 1.18. The SMILES string of the molecule is COc1cccc(CSc2ncn[nH]2)c1. The lowest BCUT2D eigenvalue weighted by molar-refractivity contribution is 0.414. The molecule has 1 N–H and O–H groups in total. The standard InChI is InChI=1S/C10H11N3OS/c1-14-9-4-2-3-8(5-9)6-15-10-11-7-12-13-10/h2-5,7H,6H2,1H3,(H,11,12,13). The summed E-state index contributed by atoms with van der Waals surface area (Å²) in [6.07, 6.45) is 1.51. The lowest BCUT2D eigenvalue weighted by atomic mass is 10.2. The quantitative estimate of drug-likeness (QED) is 0.803. The first-order chi connectivity index (χ1) is 7.38. The number of nitrogens with one attached hydrogen (secondary N) is 1. The summed E-state index contributed by atoms with van der Waals surface area (Å²) in [6.45, 7) is 0. The molecule has 5 heteroatoms. The Balaban J connectivity index is 1.98. The minimum atomic E-state index is 0.831. The van der Waals surface area contributed by atoms with Gasteiger partial charge in [0.05, 0.1) is 7.11 Å². The topological polar surface area (TPSA) is 50.8 Å². The van der Waals surface area contributed by atoms with Crippen LogP contribution in [0.2, 0.25) is 0 Å². The first-order valence-electron chi connectivity index (χ1n) is 4.49. The van der Waals surface area contributed by atoms with Gasteiger partial charge in [-0.1, -0.05) is 23.9 Å². The van der Waals surface area contributed by atoms with Gasteiger partial charge in [-0.3, -0.25) is 5.10 Å². The molecule has 0 radical (unpaired) electrons. The van der Waals surface area contributed by atoms with Crippen LogP contribution in [0.25, 0.3) is 0 Å². The number of aromatic amines is 1. The lowest BCUT2D eigenvalue weighted by Crippen LogP contribution is -1.86. The Bertz CT molecular complexity index is 416. The predicted molar refractivity (Wildman–Crippen MR) is 58.9 cm³/mol. The maximum Gasteiger partial charge on any atom is 0.183 e. The first kappa shape index (κ1) is 10.0. The van der Waals surface area contributed by atoms with Crippen molar-refractivity contribution in [2.24, 2.45) is 0 Å². The number of hydrogen-bond donors (Lipinski definition) is 1. The molecule has 4 nitrogen and oxygen atoms in total. The van der Waals surface area contributed by atoms with Crippen LogP contribution in [0.4, 0.5) is 0 Å². The number of thioether (sulfide) groups is 1. The van der Waals surface area contributed by atoms with Crippen LogP contribution in [-0.2, 0) is 5.75 Å². The molecule has 78 valence electrons. The van der Waals surface area contributed by atoms with E-state index in [1.165, 1.54) is 11.9 Å². The third-order valence-corrected chi connectivity index (χ3v) is 2.85. The number of ether oxygens (including phenoxy) is 1. The summed E-state index contributed by atoms with van der Waals surface area (Å²) in [5.41, 5.74) is 1.20. The second kappa shape index (κ2) is 4.84. The summed E-state index contributed by atoms with van der Waals surface area (Å²) >= 11 is 1.61. The molecule has 1 heterocycles. The highest BCUT2D eigenvalue weighted by atomic mass is 32.2. The van der Waals surface area contributed by atoms with Crippen molar-refractivity contribution in [3.8, 4) is 5.75 Å². The van der Waals surface area contributed by atoms with Crippen molar-refractivity contribution in [3.63, 3.8) is 0 Å². The Kier molecular flexibility index (Phi) is 3.24. The van der Waals surface area contributed by atoms with Gasteiger partial charge in [-0.25, -0.2) is 4.98 Å². The second-order valence-corrected chi connectivity index (χ2v) is 3.89. The molecule has 2 aromatic rings. The van der Waals surface area contributed by atoms with Crippen molar-refractivity contribution < 1.29 is 4.74 Å². The van der Waals surface area contributed by atoms with E-state index in [0.717, 1.165) is 16.7 Å². The molecule has 2 rings (SSSR count). The van der Waals surface area contributed by atoms with Crippen molar-refractivity contribution in [2.75, 3.05) is 7.11 Å². The maximum absolute atomic E-state index is 5.15. The van der Waals surface area contributed by atoms with E-state index in [4.69, 9.17) is 4.74 Å². The summed E-state index contributed by atoms with van der Waals surface area (Å²) in [6, 6.07) is 7.99. The molecule has 15 heavy (non-hydrogen) atoms. The molecule has 0 aliphatic rings. The molecule has 0 fully saturated rings. The molecule has 0 saturated heterocycles. The molecule has 1 aromatic carbocycles. The fourth-order valence-corrected chi connectivity index (χ4v) is 1.90. The van der Waals surface area contributed by atoms with Crippen molar-refractivity contribution in [3.05, 3.63) is 36.2 Å². The number of methoxy groups -OCH3 is 1. The molecular weight excluding hydrogens is 210 g/mol. The smallest absolute Gasteiger partial charge is 0.183 e. The molecule has 0 saturated carbocycles. The zero-order chi connectivity index (χ0) is 10.5. The van der Waals surface area contributed by atoms with E-state index in [2.05, 4.69) is 21.2 Å². The van der Waals surface area contributed by atoms with Crippen LogP contribution in [0.3, 0.4) is 0 Å². The Hall–Kier alpha value is -1.49. The minimum Gasteiger partial charge on any atom is -0.497 e. The Labute approximate surface area is 92.1 Å². The molecule has 0 spiro atoms. The van der Waals surface area contributed by atoms with E-state index in [0.29, 0.717) is 0 Å². The Morgan fingerprint density at radius 1 is 1.47 bits per heavy atom. The van der Waals surface area contributed by atoms with Crippen LogP contribution >= 0.6 is 11.8 Å². The van der Waals surface area contributed by atoms with Gasteiger partial charge < -0.3 is 4.74 Å². The number of rotatable bonds is 4. The summed E-state index contributed by atoms with van der Waals surface area (Å²) in [7, 11) is 1.67. The molecule has 0 atom stereocenters. The average molecular weight is 221 g/mol. The Morgan fingerprint density at radius 3 is 3.13 bits per heavy atom. The van der Waals surface area contributed by atoms with Gasteiger partial charge in [0, 0.05) is 5.75 Å². The van der Waals surface area contributed by atoms with Gasteiger partial charge in [0.25, 0.3) is 0 Å². The monoisotopic (exact) mass is 221 g/mol. The summed E-state index contributed by atoms with van der Waals surface area (Å²) < 4.78 is 5.15. The van der Waals surface area contributed by atoms with Gasteiger partial charge >= 0.3 is 0 Å². The molecule has 1 aromatic heterocycles. The normalized spacial score (nSPS) is 10.2. The zero-order valence-electron chi connectivity index (χ0n) is 8.30. The van der Waals surface area contributed by atoms with Crippen molar-refractivity contribution in [2.45, 2.75) is 10.9 Å². The highest BCUT2D eigenvalue weighted by Gasteiger charge is 1.99. The summed E-state index contributed by atoms with van der Waals surface area (Å²) in [5, 5.41) is 7.42. The Morgan fingerprint density at radius 2 is 2.40 bits per heavy atom. The van der Waals surface area contributed by atoms with Gasteiger partial charge in [0.15, 0.2) is 5.16 Å². The number of aromatic nitrogens is 3. The van der Waals surface area contributed by atoms with E-state index in [1.54, 1.807) is 18.9 Å². The van der Waals surface area contributed by atoms with Crippen LogP contribution in [0.1, 0.15) is 5.56 Å². The number of H-pyrrole nitrogens is 1. The lowest BCUT2D eigenvalue weighted by Gasteiger charge is -2.02. The van der Waals surface area contributed by atoms with Crippen LogP contribution in [0.15, 0.2) is 35.7 Å². The third kappa shape index (κ3) is 2.73. The number of hydrogen-bond acceptors (Lipinski definition) is 4. The second-order valence-electron chi connectivity index (χ2n) is 2.93. The summed E-state index contributed by atoms with van der Waals surface area (Å²) in [4.78, 5) is 4.04. The predicted octanol–water partition coefficient (Wildman–Crippen LogP) is 2.11. The van der Waals surface area contributed by atoms with Crippen molar-refractivity contribution >= 4 is 11.8 Å². The molecule has 0 bridgehead atoms. The molecule has 0 amide bonds. The zero-order valence-corrected chi connectivity index (χ0v) is 9.12. The van der Waals surface area contributed by atoms with E-state index in [9.17, 15) is 0 Å². The maximum atomic E-state index is 5.15. The molecule has 0 unspecified atom stereocenters. The highest BCUT2D eigenvalue weighted by Crippen LogP contribution is 2.21. The van der Waals surface area contributed by atoms with Gasteiger partial charge in [-0.05, 0) is 17.7 Å². The van der Waals surface area contributed by atoms with Crippen LogP contribution < -0.4 is 4.74 Å². The summed E-state index contributed by atoms with van der Waals surface area (Å²) in [5.74, 6) is 1.73. The molecule has 0 aliphatic heterocycles. The van der Waals surface area contributed by atoms with Gasteiger partial charge in [0.1, 0.15) is 12.1 Å². The van der Waals surface area contributed by atoms with Crippen LogP contribution in [0.5, 0.6) is 5.75 Å². The van der Waals surface area contributed by atoms with Crippen LogP contribution in [-0.4, -0.2) is 22.3 Å². The largest absolute Gasteiger partial charge is 0.497 e. The van der Waals surface area contributed by atoms with Gasteiger partial charge in [-0.15, -0.1) is 0 Å². The van der Waals surface area contributed by atoms with Crippen molar-refractivity contribution in [1.82, 2.24) is 15.2 Å². The molecular formula is C10H11N3OS. The first-order valence-corrected chi connectivity index (χ1v) is 5.48. The van der Waals surface area contributed by atoms with E-state index in [-0.39, 0.29) is 0 Å². The van der Waals surface area contributed by atoms with E-state index >= 15 is 0 Å². The van der Waals surface area contributed by atoms with E-state index in [1.807, 2.05) is 18.2 Å². The molecule has 0 aliphatic carbocycles. The van der Waals surface area contributed by atoms with Gasteiger partial charge in [0.2, 0.25) is 0 Å². The minimum absolute atomic E-state index is 0.831. The number of nitrogens with zero attached hydrogens (tertiary/aromatic N) is 2. The average Bonchev–Trinajstić information content (AvgIpc) is 2.79. The third-order valence-electron chi connectivity index (χ3n) is 1.90. The van der Waals surface area contributed by atoms with E-state index < -0.39 is 0 Å². The van der Waals surface area contributed by atoms with Gasteiger partial charge in [-0.2, -0.15) is 5.10 Å². The van der Waals surface area contributed by atoms with Crippen LogP contribution in [0, 0.1) is 0 Å². The number of benzene rings is 1. The fraction of sp³-hybridized carbons (Fsp3) is 0.200. The van der Waals surface area contributed by atoms with Crippen molar-refractivity contribution in [1.29, 1.82) is 0 Å². The highest BCUT2D eigenvalue weighted by molar-refractivity contribution is 7.98.